The summed E-state index contributed by atoms with van der Waals surface area (Å²) in [6.07, 6.45) is 0.629. The van der Waals surface area contributed by atoms with Crippen LogP contribution in [0.4, 0.5) is 14.9 Å². The lowest BCUT2D eigenvalue weighted by atomic mass is 10.1. The first-order chi connectivity index (χ1) is 16.5. The lowest BCUT2D eigenvalue weighted by molar-refractivity contribution is -0.139. The second-order valence-electron chi connectivity index (χ2n) is 7.42. The first kappa shape index (κ1) is 26.8. The number of carbonyl (C=O) groups is 4. The predicted octanol–water partition coefficient (Wildman–Crippen LogP) is -0.655. The SMILES string of the molecule is O=C(N[C@@H](CCCCNC(=O)c1ccc(F)cc1)C(=O)O)N[C@@H](CNc1c(O)c(=O)c1=O)C(=O)O. The van der Waals surface area contributed by atoms with Gasteiger partial charge in [0.1, 0.15) is 23.6 Å². The van der Waals surface area contributed by atoms with Crippen molar-refractivity contribution in [3.8, 4) is 5.75 Å². The van der Waals surface area contributed by atoms with E-state index in [2.05, 4.69) is 16.0 Å². The number of benzene rings is 1. The molecule has 7 N–H and O–H groups in total. The third-order valence-corrected chi connectivity index (χ3v) is 4.89. The summed E-state index contributed by atoms with van der Waals surface area (Å²) in [5.74, 6) is -4.64. The van der Waals surface area contributed by atoms with Crippen molar-refractivity contribution < 1.29 is 38.9 Å². The number of hydrogen-bond acceptors (Lipinski definition) is 8. The van der Waals surface area contributed by atoms with E-state index in [0.717, 1.165) is 12.1 Å². The van der Waals surface area contributed by atoms with E-state index in [-0.39, 0.29) is 24.9 Å². The molecule has 3 amide bonds. The second kappa shape index (κ2) is 12.1. The van der Waals surface area contributed by atoms with E-state index >= 15 is 0 Å². The molecule has 2 aromatic rings. The molecule has 0 saturated carbocycles. The molecule has 0 radical (unpaired) electrons. The van der Waals surface area contributed by atoms with Crippen molar-refractivity contribution in [1.29, 1.82) is 0 Å². The number of halogens is 1. The zero-order valence-electron chi connectivity index (χ0n) is 18.2. The molecule has 188 valence electrons. The molecule has 0 unspecified atom stereocenters. The summed E-state index contributed by atoms with van der Waals surface area (Å²) >= 11 is 0. The summed E-state index contributed by atoms with van der Waals surface area (Å²) in [4.78, 5) is 69.1. The molecule has 14 heteroatoms. The van der Waals surface area contributed by atoms with Gasteiger partial charge in [0.15, 0.2) is 5.75 Å². The molecule has 0 heterocycles. The number of anilines is 1. The lowest BCUT2D eigenvalue weighted by Gasteiger charge is -2.19. The zero-order valence-corrected chi connectivity index (χ0v) is 18.2. The predicted molar refractivity (Wildman–Crippen MR) is 119 cm³/mol. The van der Waals surface area contributed by atoms with Gasteiger partial charge in [-0.3, -0.25) is 14.4 Å². The van der Waals surface area contributed by atoms with Crippen molar-refractivity contribution in [2.45, 2.75) is 31.3 Å². The summed E-state index contributed by atoms with van der Waals surface area (Å²) in [5.41, 5.74) is -2.37. The van der Waals surface area contributed by atoms with Gasteiger partial charge >= 0.3 is 18.0 Å². The highest BCUT2D eigenvalue weighted by Crippen LogP contribution is 2.14. The van der Waals surface area contributed by atoms with E-state index in [1.165, 1.54) is 12.1 Å². The Hall–Kier alpha value is -4.49. The van der Waals surface area contributed by atoms with Crippen molar-refractivity contribution in [3.63, 3.8) is 0 Å². The summed E-state index contributed by atoms with van der Waals surface area (Å²) in [7, 11) is 0. The van der Waals surface area contributed by atoms with Gasteiger partial charge in [0.25, 0.3) is 16.8 Å². The third kappa shape index (κ3) is 7.52. The van der Waals surface area contributed by atoms with Gasteiger partial charge in [0.2, 0.25) is 0 Å². The van der Waals surface area contributed by atoms with Gasteiger partial charge in [-0.2, -0.15) is 0 Å². The molecular weight excluding hydrogens is 471 g/mol. The first-order valence-electron chi connectivity index (χ1n) is 10.3. The Bertz CT molecular complexity index is 1160. The fraction of sp³-hybridized carbons (Fsp3) is 0.333. The van der Waals surface area contributed by atoms with Crippen LogP contribution in [0.5, 0.6) is 5.75 Å². The monoisotopic (exact) mass is 494 g/mol. The highest BCUT2D eigenvalue weighted by molar-refractivity contribution is 5.94. The first-order valence-corrected chi connectivity index (χ1v) is 10.3. The second-order valence-corrected chi connectivity index (χ2v) is 7.42. The van der Waals surface area contributed by atoms with Gasteiger partial charge in [0.05, 0.1) is 0 Å². The number of amides is 3. The van der Waals surface area contributed by atoms with Crippen LogP contribution in [-0.2, 0) is 9.59 Å². The van der Waals surface area contributed by atoms with E-state index in [1.54, 1.807) is 0 Å². The van der Waals surface area contributed by atoms with Crippen LogP contribution in [-0.4, -0.2) is 64.4 Å². The maximum absolute atomic E-state index is 12.9. The summed E-state index contributed by atoms with van der Waals surface area (Å²) in [5, 5.41) is 36.8. The number of aromatic hydroxyl groups is 1. The van der Waals surface area contributed by atoms with Crippen LogP contribution in [0, 0.1) is 5.82 Å². The number of unbranched alkanes of at least 4 members (excludes halogenated alkanes) is 1. The number of rotatable bonds is 13. The van der Waals surface area contributed by atoms with E-state index < -0.39 is 70.6 Å². The number of nitrogens with one attached hydrogen (secondary N) is 4. The van der Waals surface area contributed by atoms with Crippen LogP contribution >= 0.6 is 0 Å². The van der Waals surface area contributed by atoms with E-state index in [9.17, 15) is 48.5 Å². The molecule has 0 bridgehead atoms. The Morgan fingerprint density at radius 3 is 2.06 bits per heavy atom. The highest BCUT2D eigenvalue weighted by Gasteiger charge is 2.26. The number of carbonyl (C=O) groups excluding carboxylic acids is 2. The number of carboxylic acid groups (broad SMARTS) is 2. The molecule has 0 spiro atoms. The third-order valence-electron chi connectivity index (χ3n) is 4.89. The van der Waals surface area contributed by atoms with Gasteiger partial charge in [-0.05, 0) is 43.5 Å². The molecule has 0 aliphatic heterocycles. The molecule has 0 fully saturated rings. The smallest absolute Gasteiger partial charge is 0.328 e. The highest BCUT2D eigenvalue weighted by atomic mass is 19.1. The minimum Gasteiger partial charge on any atom is -0.502 e. The quantitative estimate of drug-likeness (QED) is 0.138. The van der Waals surface area contributed by atoms with Crippen LogP contribution in [0.25, 0.3) is 0 Å². The van der Waals surface area contributed by atoms with Gasteiger partial charge in [-0.1, -0.05) is 0 Å². The van der Waals surface area contributed by atoms with Crippen LogP contribution in [0.2, 0.25) is 0 Å². The number of hydrogen-bond donors (Lipinski definition) is 7. The average Bonchev–Trinajstić information content (AvgIpc) is 2.82. The fourth-order valence-electron chi connectivity index (χ4n) is 2.94. The minimum atomic E-state index is -1.62. The maximum Gasteiger partial charge on any atom is 0.328 e. The molecule has 0 aromatic heterocycles. The van der Waals surface area contributed by atoms with Crippen LogP contribution in [0.3, 0.4) is 0 Å². The molecule has 2 rings (SSSR count). The normalized spacial score (nSPS) is 12.4. The standard InChI is InChI=1S/C21H23FN4O9/c22-11-6-4-10(5-7-11)18(30)23-8-2-1-3-12(19(31)32)25-21(35)26-13(20(33)34)9-24-14-15(27)17(29)16(14)28/h4-7,12-13,24,27H,1-3,8-9H2,(H,23,30)(H,31,32)(H,33,34)(H2,25,26,35)/t12-,13-/m0/s1. The molecule has 2 aromatic carbocycles. The Morgan fingerprint density at radius 2 is 1.49 bits per heavy atom. The van der Waals surface area contributed by atoms with Gasteiger partial charge in [-0.15, -0.1) is 0 Å². The summed E-state index contributed by atoms with van der Waals surface area (Å²) in [6, 6.07) is 0.836. The Labute approximate surface area is 196 Å². The van der Waals surface area contributed by atoms with Gasteiger partial charge in [0, 0.05) is 18.7 Å². The molecule has 13 nitrogen and oxygen atoms in total. The molecule has 0 aliphatic rings. The topological polar surface area (TPSA) is 211 Å². The van der Waals surface area contributed by atoms with Crippen molar-refractivity contribution in [2.75, 3.05) is 18.4 Å². The van der Waals surface area contributed by atoms with Crippen molar-refractivity contribution >= 4 is 29.6 Å². The van der Waals surface area contributed by atoms with Gasteiger partial charge in [-0.25, -0.2) is 18.8 Å². The number of carboxylic acids is 2. The molecule has 2 atom stereocenters. The fourth-order valence-corrected chi connectivity index (χ4v) is 2.94. The largest absolute Gasteiger partial charge is 0.502 e. The molecule has 0 saturated heterocycles. The van der Waals surface area contributed by atoms with Crippen LogP contribution in [0.1, 0.15) is 29.6 Å². The van der Waals surface area contributed by atoms with E-state index in [1.807, 2.05) is 5.32 Å². The average molecular weight is 494 g/mol. The number of urea groups is 1. The van der Waals surface area contributed by atoms with E-state index in [0.29, 0.717) is 6.42 Å². The lowest BCUT2D eigenvalue weighted by Crippen LogP contribution is -2.53. The molecule has 0 aliphatic carbocycles. The summed E-state index contributed by atoms with van der Waals surface area (Å²) < 4.78 is 12.9. The Kier molecular flexibility index (Phi) is 9.26. The van der Waals surface area contributed by atoms with Crippen molar-refractivity contribution in [1.82, 2.24) is 16.0 Å². The zero-order chi connectivity index (χ0) is 26.1. The minimum absolute atomic E-state index is 0.0253. The van der Waals surface area contributed by atoms with Crippen molar-refractivity contribution in [3.05, 3.63) is 56.1 Å². The molecular formula is C21H23FN4O9. The molecule has 35 heavy (non-hydrogen) atoms. The Balaban J connectivity index is 1.77. The Morgan fingerprint density at radius 1 is 0.886 bits per heavy atom. The summed E-state index contributed by atoms with van der Waals surface area (Å²) in [6.45, 7) is -0.363. The maximum atomic E-state index is 12.9. The van der Waals surface area contributed by atoms with E-state index in [4.69, 9.17) is 0 Å². The van der Waals surface area contributed by atoms with Gasteiger partial charge < -0.3 is 36.6 Å². The van der Waals surface area contributed by atoms with Crippen LogP contribution < -0.4 is 32.1 Å². The number of aliphatic carboxylic acids is 2. The van der Waals surface area contributed by atoms with Crippen molar-refractivity contribution in [2.24, 2.45) is 0 Å². The van der Waals surface area contributed by atoms with Crippen LogP contribution in [0.15, 0.2) is 33.9 Å².